The fourth-order valence-electron chi connectivity index (χ4n) is 2.34. The predicted octanol–water partition coefficient (Wildman–Crippen LogP) is -0.617. The standard InChI is InChI=1S/C15H21FN6O3S/c1-25-15(26)19-5-10(17)6-22(18)11-2-3-13(12(16)4-11)20-7-14(24)21(8-20)9-23/h2-4,6,23H,5,7-9,17-18H2,1H3,(H,19,26)/b10-6-. The molecule has 1 aliphatic rings. The van der Waals surface area contributed by atoms with E-state index < -0.39 is 12.5 Å². The Balaban J connectivity index is 2.06. The number of hydrogen-bond donors (Lipinski definition) is 4. The summed E-state index contributed by atoms with van der Waals surface area (Å²) in [4.78, 5) is 14.4. The first kappa shape index (κ1) is 19.7. The van der Waals surface area contributed by atoms with Crippen molar-refractivity contribution in [3.63, 3.8) is 0 Å². The predicted molar refractivity (Wildman–Crippen MR) is 99.1 cm³/mol. The number of carbonyl (C=O) groups is 1. The molecular weight excluding hydrogens is 363 g/mol. The number of nitrogens with one attached hydrogen (secondary N) is 1. The topological polar surface area (TPSA) is 120 Å². The summed E-state index contributed by atoms with van der Waals surface area (Å²) in [6.07, 6.45) is 1.42. The van der Waals surface area contributed by atoms with Crippen molar-refractivity contribution in [1.29, 1.82) is 0 Å². The van der Waals surface area contributed by atoms with Gasteiger partial charge in [-0.3, -0.25) is 9.80 Å². The molecule has 1 aromatic rings. The van der Waals surface area contributed by atoms with E-state index in [4.69, 9.17) is 33.6 Å². The van der Waals surface area contributed by atoms with Crippen LogP contribution in [0.3, 0.4) is 0 Å². The molecule has 1 amide bonds. The fraction of sp³-hybridized carbons (Fsp3) is 0.333. The number of hydrazine groups is 1. The summed E-state index contributed by atoms with van der Waals surface area (Å²) in [6, 6.07) is 4.35. The van der Waals surface area contributed by atoms with Crippen LogP contribution in [0.5, 0.6) is 0 Å². The Morgan fingerprint density at radius 3 is 2.88 bits per heavy atom. The van der Waals surface area contributed by atoms with Gasteiger partial charge in [-0.1, -0.05) is 0 Å². The average molecular weight is 384 g/mol. The second-order valence-electron chi connectivity index (χ2n) is 5.51. The lowest BCUT2D eigenvalue weighted by Crippen LogP contribution is -2.31. The number of benzene rings is 1. The van der Waals surface area contributed by atoms with Gasteiger partial charge in [-0.05, 0) is 24.4 Å². The van der Waals surface area contributed by atoms with Crippen molar-refractivity contribution in [3.8, 4) is 0 Å². The van der Waals surface area contributed by atoms with Crippen LogP contribution in [-0.4, -0.2) is 54.7 Å². The van der Waals surface area contributed by atoms with Crippen LogP contribution in [-0.2, 0) is 9.53 Å². The summed E-state index contributed by atoms with van der Waals surface area (Å²) in [5.41, 5.74) is 6.80. The Morgan fingerprint density at radius 2 is 2.31 bits per heavy atom. The molecule has 0 atom stereocenters. The molecule has 1 fully saturated rings. The van der Waals surface area contributed by atoms with E-state index in [1.54, 1.807) is 6.07 Å². The largest absolute Gasteiger partial charge is 0.474 e. The van der Waals surface area contributed by atoms with Gasteiger partial charge in [-0.15, -0.1) is 0 Å². The van der Waals surface area contributed by atoms with Crippen LogP contribution >= 0.6 is 12.2 Å². The molecule has 0 aromatic heterocycles. The highest BCUT2D eigenvalue weighted by Crippen LogP contribution is 2.26. The third kappa shape index (κ3) is 4.71. The number of methoxy groups -OCH3 is 1. The van der Waals surface area contributed by atoms with E-state index in [9.17, 15) is 9.18 Å². The monoisotopic (exact) mass is 384 g/mol. The van der Waals surface area contributed by atoms with Crippen molar-refractivity contribution in [3.05, 3.63) is 35.9 Å². The molecule has 0 unspecified atom stereocenters. The number of amides is 1. The number of thiocarbonyl (C=S) groups is 1. The molecule has 0 saturated carbocycles. The number of aliphatic hydroxyl groups excluding tert-OH is 1. The lowest BCUT2D eigenvalue weighted by molar-refractivity contribution is -0.129. The van der Waals surface area contributed by atoms with E-state index in [1.807, 2.05) is 0 Å². The minimum atomic E-state index is -0.545. The van der Waals surface area contributed by atoms with Gasteiger partial charge in [-0.25, -0.2) is 10.2 Å². The Bertz CT molecular complexity index is 717. The minimum absolute atomic E-state index is 0.00109. The van der Waals surface area contributed by atoms with E-state index in [2.05, 4.69) is 5.32 Å². The van der Waals surface area contributed by atoms with Gasteiger partial charge in [0.2, 0.25) is 5.91 Å². The van der Waals surface area contributed by atoms with Crippen LogP contribution in [0.15, 0.2) is 30.1 Å². The summed E-state index contributed by atoms with van der Waals surface area (Å²) in [7, 11) is 1.43. The molecule has 1 aliphatic heterocycles. The average Bonchev–Trinajstić information content (AvgIpc) is 2.99. The van der Waals surface area contributed by atoms with E-state index >= 15 is 0 Å². The molecular formula is C15H21FN6O3S. The van der Waals surface area contributed by atoms with Crippen LogP contribution in [0.2, 0.25) is 0 Å². The van der Waals surface area contributed by atoms with Gasteiger partial charge in [0, 0.05) is 18.0 Å². The maximum Gasteiger partial charge on any atom is 0.256 e. The van der Waals surface area contributed by atoms with Gasteiger partial charge < -0.3 is 30.7 Å². The van der Waals surface area contributed by atoms with Crippen molar-refractivity contribution in [2.75, 3.05) is 43.5 Å². The molecule has 0 bridgehead atoms. The van der Waals surface area contributed by atoms with Crippen LogP contribution in [0.1, 0.15) is 0 Å². The van der Waals surface area contributed by atoms with Crippen LogP contribution in [0.4, 0.5) is 15.8 Å². The van der Waals surface area contributed by atoms with Crippen LogP contribution in [0.25, 0.3) is 0 Å². The second kappa shape index (κ2) is 8.65. The number of carbonyl (C=O) groups excluding carboxylic acids is 1. The Hall–Kier alpha value is -2.63. The Kier molecular flexibility index (Phi) is 6.55. The first-order chi connectivity index (χ1) is 12.3. The molecule has 11 heteroatoms. The van der Waals surface area contributed by atoms with Gasteiger partial charge in [0.25, 0.3) is 5.17 Å². The summed E-state index contributed by atoms with van der Waals surface area (Å²) in [5, 5.41) is 13.2. The fourth-order valence-corrected chi connectivity index (χ4v) is 2.41. The summed E-state index contributed by atoms with van der Waals surface area (Å²) in [5.74, 6) is 5.07. The SMILES string of the molecule is COC(=S)NC/C(N)=C/N(N)c1ccc(N2CC(=O)N(CO)C2)c(F)c1. The van der Waals surface area contributed by atoms with Gasteiger partial charge in [0.05, 0.1) is 38.2 Å². The molecule has 26 heavy (non-hydrogen) atoms. The zero-order valence-electron chi connectivity index (χ0n) is 14.2. The molecule has 0 spiro atoms. The molecule has 0 radical (unpaired) electrons. The van der Waals surface area contributed by atoms with E-state index in [1.165, 1.54) is 40.3 Å². The third-order valence-corrected chi connectivity index (χ3v) is 4.00. The molecule has 6 N–H and O–H groups in total. The van der Waals surface area contributed by atoms with Crippen molar-refractivity contribution >= 4 is 34.7 Å². The molecule has 142 valence electrons. The highest BCUT2D eigenvalue weighted by Gasteiger charge is 2.28. The van der Waals surface area contributed by atoms with Gasteiger partial charge in [0.15, 0.2) is 0 Å². The molecule has 1 aromatic carbocycles. The second-order valence-corrected chi connectivity index (χ2v) is 5.88. The summed E-state index contributed by atoms with van der Waals surface area (Å²) in [6.45, 7) is -0.0684. The number of halogens is 1. The van der Waals surface area contributed by atoms with Crippen LogP contribution < -0.4 is 26.8 Å². The zero-order chi connectivity index (χ0) is 19.3. The van der Waals surface area contributed by atoms with Gasteiger partial charge in [-0.2, -0.15) is 0 Å². The number of ether oxygens (including phenoxy) is 1. The quantitative estimate of drug-likeness (QED) is 0.289. The lowest BCUT2D eigenvalue weighted by atomic mass is 10.2. The zero-order valence-corrected chi connectivity index (χ0v) is 15.0. The third-order valence-electron chi connectivity index (χ3n) is 3.69. The smallest absolute Gasteiger partial charge is 0.256 e. The Labute approximate surface area is 155 Å². The Morgan fingerprint density at radius 1 is 1.58 bits per heavy atom. The first-order valence-electron chi connectivity index (χ1n) is 7.60. The molecule has 0 aliphatic carbocycles. The number of nitrogens with two attached hydrogens (primary N) is 2. The maximum atomic E-state index is 14.4. The number of nitrogens with zero attached hydrogens (tertiary/aromatic N) is 3. The molecule has 1 saturated heterocycles. The van der Waals surface area contributed by atoms with Crippen molar-refractivity contribution < 1.29 is 19.0 Å². The number of rotatable bonds is 6. The highest BCUT2D eigenvalue weighted by molar-refractivity contribution is 7.80. The van der Waals surface area contributed by atoms with Gasteiger partial charge >= 0.3 is 0 Å². The molecule has 1 heterocycles. The lowest BCUT2D eigenvalue weighted by Gasteiger charge is -2.21. The summed E-state index contributed by atoms with van der Waals surface area (Å²) >= 11 is 4.83. The van der Waals surface area contributed by atoms with E-state index in [0.29, 0.717) is 11.4 Å². The van der Waals surface area contributed by atoms with Gasteiger partial charge in [0.1, 0.15) is 12.5 Å². The number of hydrogen-bond acceptors (Lipinski definition) is 8. The molecule has 2 rings (SSSR count). The normalized spacial score (nSPS) is 14.6. The highest BCUT2D eigenvalue weighted by atomic mass is 32.1. The van der Waals surface area contributed by atoms with Crippen LogP contribution in [0, 0.1) is 5.82 Å². The van der Waals surface area contributed by atoms with Crippen molar-refractivity contribution in [1.82, 2.24) is 10.2 Å². The van der Waals surface area contributed by atoms with Crippen molar-refractivity contribution in [2.45, 2.75) is 0 Å². The number of anilines is 2. The number of aliphatic hydroxyl groups is 1. The molecule has 9 nitrogen and oxygen atoms in total. The maximum absolute atomic E-state index is 14.4. The van der Waals surface area contributed by atoms with E-state index in [-0.39, 0.29) is 36.5 Å². The van der Waals surface area contributed by atoms with Crippen molar-refractivity contribution in [2.24, 2.45) is 11.6 Å². The first-order valence-corrected chi connectivity index (χ1v) is 8.01. The summed E-state index contributed by atoms with van der Waals surface area (Å²) < 4.78 is 19.2. The van der Waals surface area contributed by atoms with E-state index in [0.717, 1.165) is 0 Å². The minimum Gasteiger partial charge on any atom is -0.474 e.